The van der Waals surface area contributed by atoms with Crippen LogP contribution in [-0.4, -0.2) is 55.0 Å². The van der Waals surface area contributed by atoms with Gasteiger partial charge in [-0.25, -0.2) is 13.6 Å². The minimum absolute atomic E-state index is 0. The van der Waals surface area contributed by atoms with Crippen molar-refractivity contribution in [3.63, 3.8) is 0 Å². The van der Waals surface area contributed by atoms with Gasteiger partial charge in [0.15, 0.2) is 0 Å². The third kappa shape index (κ3) is 6.05. The van der Waals surface area contributed by atoms with Crippen molar-refractivity contribution < 1.29 is 18.4 Å². The third-order valence-corrected chi connectivity index (χ3v) is 4.58. The van der Waals surface area contributed by atoms with Crippen LogP contribution in [-0.2, 0) is 4.79 Å². The van der Waals surface area contributed by atoms with Gasteiger partial charge in [-0.3, -0.25) is 4.79 Å². The molecule has 3 amide bonds. The Bertz CT molecular complexity index is 434. The van der Waals surface area contributed by atoms with Crippen molar-refractivity contribution in [3.05, 3.63) is 0 Å². The van der Waals surface area contributed by atoms with Gasteiger partial charge in [-0.2, -0.15) is 0 Å². The highest BCUT2D eigenvalue weighted by atomic mass is 35.5. The summed E-state index contributed by atoms with van der Waals surface area (Å²) in [4.78, 5) is 25.9. The highest BCUT2D eigenvalue weighted by Gasteiger charge is 2.32. The van der Waals surface area contributed by atoms with E-state index < -0.39 is 30.8 Å². The Morgan fingerprint density at radius 3 is 2.46 bits per heavy atom. The molecule has 0 aromatic carbocycles. The summed E-state index contributed by atoms with van der Waals surface area (Å²) in [6.07, 6.45) is 5.56. The Labute approximate surface area is 147 Å². The second kappa shape index (κ2) is 9.36. The summed E-state index contributed by atoms with van der Waals surface area (Å²) in [5.41, 5.74) is 4.95. The third-order valence-electron chi connectivity index (χ3n) is 4.58. The molecule has 140 valence electrons. The van der Waals surface area contributed by atoms with Crippen molar-refractivity contribution in [2.24, 2.45) is 11.7 Å². The van der Waals surface area contributed by atoms with Gasteiger partial charge in [-0.15, -0.1) is 12.4 Å². The topological polar surface area (TPSA) is 87.5 Å². The van der Waals surface area contributed by atoms with Crippen LogP contribution in [0.15, 0.2) is 0 Å². The first kappa shape index (κ1) is 20.9. The van der Waals surface area contributed by atoms with E-state index in [1.165, 1.54) is 0 Å². The number of alkyl halides is 2. The quantitative estimate of drug-likeness (QED) is 0.687. The Kier molecular flexibility index (Phi) is 8.15. The zero-order valence-electron chi connectivity index (χ0n) is 13.7. The van der Waals surface area contributed by atoms with Crippen molar-refractivity contribution in [1.29, 1.82) is 0 Å². The van der Waals surface area contributed by atoms with Crippen LogP contribution in [0, 0.1) is 5.92 Å². The molecule has 9 heteroatoms. The molecule has 0 aromatic rings. The SMILES string of the molecule is Cl.NCC(F)(F)CNC(=O)C1CCCN(C(=O)NC2CCCC2)C1. The fourth-order valence-corrected chi connectivity index (χ4v) is 3.14. The molecule has 2 fully saturated rings. The lowest BCUT2D eigenvalue weighted by molar-refractivity contribution is -0.128. The summed E-state index contributed by atoms with van der Waals surface area (Å²) in [6.45, 7) is -0.680. The van der Waals surface area contributed by atoms with Crippen LogP contribution in [0.1, 0.15) is 38.5 Å². The summed E-state index contributed by atoms with van der Waals surface area (Å²) >= 11 is 0. The summed E-state index contributed by atoms with van der Waals surface area (Å²) in [5.74, 6) is -3.97. The van der Waals surface area contributed by atoms with Crippen LogP contribution in [0.25, 0.3) is 0 Å². The van der Waals surface area contributed by atoms with Crippen molar-refractivity contribution in [2.75, 3.05) is 26.2 Å². The monoisotopic (exact) mass is 368 g/mol. The van der Waals surface area contributed by atoms with E-state index in [2.05, 4.69) is 10.6 Å². The maximum Gasteiger partial charge on any atom is 0.317 e. The Hall–Kier alpha value is -1.15. The van der Waals surface area contributed by atoms with Crippen molar-refractivity contribution in [1.82, 2.24) is 15.5 Å². The summed E-state index contributed by atoms with van der Waals surface area (Å²) in [5, 5.41) is 5.24. The van der Waals surface area contributed by atoms with E-state index in [1.54, 1.807) is 4.90 Å². The van der Waals surface area contributed by atoms with Gasteiger partial charge in [-0.05, 0) is 25.7 Å². The molecule has 4 N–H and O–H groups in total. The predicted octanol–water partition coefficient (Wildman–Crippen LogP) is 1.48. The lowest BCUT2D eigenvalue weighted by Gasteiger charge is -2.33. The van der Waals surface area contributed by atoms with Crippen molar-refractivity contribution in [3.8, 4) is 0 Å². The highest BCUT2D eigenvalue weighted by Crippen LogP contribution is 2.20. The molecule has 2 aliphatic rings. The fraction of sp³-hybridized carbons (Fsp3) is 0.867. The van der Waals surface area contributed by atoms with Crippen molar-refractivity contribution >= 4 is 24.3 Å². The van der Waals surface area contributed by atoms with Crippen LogP contribution in [0.2, 0.25) is 0 Å². The Morgan fingerprint density at radius 1 is 1.17 bits per heavy atom. The van der Waals surface area contributed by atoms with E-state index >= 15 is 0 Å². The van der Waals surface area contributed by atoms with E-state index in [0.29, 0.717) is 19.4 Å². The van der Waals surface area contributed by atoms with Gasteiger partial charge in [-0.1, -0.05) is 12.8 Å². The first-order valence-corrected chi connectivity index (χ1v) is 8.32. The smallest absolute Gasteiger partial charge is 0.317 e. The summed E-state index contributed by atoms with van der Waals surface area (Å²) in [6, 6.07) is 0.0710. The van der Waals surface area contributed by atoms with Crippen LogP contribution in [0.3, 0.4) is 0 Å². The maximum atomic E-state index is 13.1. The van der Waals surface area contributed by atoms with Gasteiger partial charge in [0.1, 0.15) is 0 Å². The molecular formula is C15H27ClF2N4O2. The van der Waals surface area contributed by atoms with Gasteiger partial charge < -0.3 is 21.3 Å². The fourth-order valence-electron chi connectivity index (χ4n) is 3.14. The first-order valence-electron chi connectivity index (χ1n) is 8.32. The number of nitrogens with zero attached hydrogens (tertiary/aromatic N) is 1. The molecule has 0 spiro atoms. The average molecular weight is 369 g/mol. The van der Waals surface area contributed by atoms with Crippen LogP contribution in [0.5, 0.6) is 0 Å². The number of amides is 3. The number of piperidine rings is 1. The lowest BCUT2D eigenvalue weighted by atomic mass is 9.97. The molecule has 1 heterocycles. The number of likely N-dealkylation sites (tertiary alicyclic amines) is 1. The normalized spacial score (nSPS) is 22.0. The largest absolute Gasteiger partial charge is 0.350 e. The zero-order valence-corrected chi connectivity index (χ0v) is 14.5. The number of hydrogen-bond acceptors (Lipinski definition) is 3. The second-order valence-electron chi connectivity index (χ2n) is 6.49. The Balaban J connectivity index is 0.00000288. The molecule has 1 saturated carbocycles. The molecule has 1 aliphatic heterocycles. The van der Waals surface area contributed by atoms with Crippen molar-refractivity contribution in [2.45, 2.75) is 50.5 Å². The number of carbonyl (C=O) groups excluding carboxylic acids is 2. The number of urea groups is 1. The highest BCUT2D eigenvalue weighted by molar-refractivity contribution is 5.85. The number of carbonyl (C=O) groups is 2. The van der Waals surface area contributed by atoms with Crippen LogP contribution < -0.4 is 16.4 Å². The number of hydrogen-bond donors (Lipinski definition) is 3. The maximum absolute atomic E-state index is 13.1. The van der Waals surface area contributed by atoms with E-state index in [1.807, 2.05) is 0 Å². The molecular weight excluding hydrogens is 342 g/mol. The Morgan fingerprint density at radius 2 is 1.83 bits per heavy atom. The molecule has 0 aromatic heterocycles. The summed E-state index contributed by atoms with van der Waals surface area (Å²) in [7, 11) is 0. The van der Waals surface area contributed by atoms with Crippen LogP contribution >= 0.6 is 12.4 Å². The van der Waals surface area contributed by atoms with Gasteiger partial charge in [0.05, 0.1) is 19.0 Å². The number of rotatable bonds is 5. The van der Waals surface area contributed by atoms with E-state index in [0.717, 1.165) is 25.7 Å². The molecule has 24 heavy (non-hydrogen) atoms. The van der Waals surface area contributed by atoms with Gasteiger partial charge in [0.2, 0.25) is 5.91 Å². The van der Waals surface area contributed by atoms with Crippen LogP contribution in [0.4, 0.5) is 13.6 Å². The van der Waals surface area contributed by atoms with Gasteiger partial charge in [0.25, 0.3) is 5.92 Å². The first-order chi connectivity index (χ1) is 10.9. The molecule has 1 aliphatic carbocycles. The number of nitrogens with one attached hydrogen (secondary N) is 2. The van der Waals surface area contributed by atoms with E-state index in [4.69, 9.17) is 5.73 Å². The molecule has 1 unspecified atom stereocenters. The molecule has 0 radical (unpaired) electrons. The lowest BCUT2D eigenvalue weighted by Crippen LogP contribution is -2.51. The molecule has 1 saturated heterocycles. The number of nitrogens with two attached hydrogens (primary N) is 1. The molecule has 6 nitrogen and oxygen atoms in total. The van der Waals surface area contributed by atoms with E-state index in [-0.39, 0.29) is 31.0 Å². The molecule has 1 atom stereocenters. The molecule has 2 rings (SSSR count). The van der Waals surface area contributed by atoms with E-state index in [9.17, 15) is 18.4 Å². The number of halogens is 3. The minimum Gasteiger partial charge on any atom is -0.350 e. The standard InChI is InChI=1S/C15H26F2N4O2.ClH/c16-15(17,9-18)10-19-13(22)11-4-3-7-21(8-11)14(23)20-12-5-1-2-6-12;/h11-12H,1-10,18H2,(H,19,22)(H,20,23);1H. The predicted molar refractivity (Wildman–Crippen MR) is 89.3 cm³/mol. The average Bonchev–Trinajstić information content (AvgIpc) is 3.05. The summed E-state index contributed by atoms with van der Waals surface area (Å²) < 4.78 is 26.2. The van der Waals surface area contributed by atoms with Gasteiger partial charge >= 0.3 is 6.03 Å². The molecule has 0 bridgehead atoms. The zero-order chi connectivity index (χ0) is 16.9. The van der Waals surface area contributed by atoms with Gasteiger partial charge in [0, 0.05) is 19.1 Å². The second-order valence-corrected chi connectivity index (χ2v) is 6.49. The minimum atomic E-state index is -3.09.